The van der Waals surface area contributed by atoms with Crippen LogP contribution in [-0.4, -0.2) is 41.1 Å². The van der Waals surface area contributed by atoms with Gasteiger partial charge in [-0.2, -0.15) is 0 Å². The predicted octanol–water partition coefficient (Wildman–Crippen LogP) is 1.76. The van der Waals surface area contributed by atoms with Gasteiger partial charge in [-0.05, 0) is 43.9 Å². The summed E-state index contributed by atoms with van der Waals surface area (Å²) in [6.45, 7) is 4.24. The molecule has 0 saturated carbocycles. The Morgan fingerprint density at radius 1 is 1.40 bits per heavy atom. The van der Waals surface area contributed by atoms with Crippen LogP contribution in [0.3, 0.4) is 0 Å². The Kier molecular flexibility index (Phi) is 4.27. The highest BCUT2D eigenvalue weighted by atomic mass is 16.5. The second kappa shape index (κ2) is 5.94. The summed E-state index contributed by atoms with van der Waals surface area (Å²) >= 11 is 0. The summed E-state index contributed by atoms with van der Waals surface area (Å²) in [4.78, 5) is 24.5. The van der Waals surface area contributed by atoms with Gasteiger partial charge in [-0.25, -0.2) is 4.79 Å². The number of hydrogen-bond acceptors (Lipinski definition) is 3. The van der Waals surface area contributed by atoms with E-state index < -0.39 is 12.0 Å². The van der Waals surface area contributed by atoms with Crippen molar-refractivity contribution in [2.75, 3.05) is 13.2 Å². The second-order valence-corrected chi connectivity index (χ2v) is 5.14. The largest absolute Gasteiger partial charge is 0.483 e. The van der Waals surface area contributed by atoms with E-state index in [2.05, 4.69) is 0 Å². The number of carboxylic acid groups (broad SMARTS) is 1. The molecule has 1 atom stereocenters. The number of aliphatic carboxylic acids is 1. The fourth-order valence-corrected chi connectivity index (χ4v) is 2.41. The topological polar surface area (TPSA) is 66.8 Å². The van der Waals surface area contributed by atoms with E-state index in [1.54, 1.807) is 0 Å². The summed E-state index contributed by atoms with van der Waals surface area (Å²) in [6, 6.07) is 5.08. The standard InChI is InChI=1S/C15H19NO4/c1-10-5-6-11(2)13(8-10)20-9-14(17)16-7-3-4-12(16)15(18)19/h5-6,8,12H,3-4,7,9H2,1-2H3,(H,18,19). The number of aryl methyl sites for hydroxylation is 2. The van der Waals surface area contributed by atoms with E-state index >= 15 is 0 Å². The Morgan fingerprint density at radius 3 is 2.85 bits per heavy atom. The maximum atomic E-state index is 12.1. The lowest BCUT2D eigenvalue weighted by molar-refractivity contribution is -0.148. The Balaban J connectivity index is 1.98. The van der Waals surface area contributed by atoms with Gasteiger partial charge >= 0.3 is 5.97 Å². The summed E-state index contributed by atoms with van der Waals surface area (Å²) in [6.07, 6.45) is 1.25. The van der Waals surface area contributed by atoms with Crippen molar-refractivity contribution in [3.8, 4) is 5.75 Å². The molecule has 0 bridgehead atoms. The summed E-state index contributed by atoms with van der Waals surface area (Å²) < 4.78 is 5.54. The number of benzene rings is 1. The lowest BCUT2D eigenvalue weighted by atomic mass is 10.1. The fraction of sp³-hybridized carbons (Fsp3) is 0.467. The van der Waals surface area contributed by atoms with E-state index in [0.29, 0.717) is 18.7 Å². The highest BCUT2D eigenvalue weighted by Gasteiger charge is 2.33. The highest BCUT2D eigenvalue weighted by Crippen LogP contribution is 2.21. The molecule has 0 aliphatic carbocycles. The van der Waals surface area contributed by atoms with Gasteiger partial charge in [0.15, 0.2) is 6.61 Å². The summed E-state index contributed by atoms with van der Waals surface area (Å²) in [5, 5.41) is 9.06. The molecule has 1 unspecified atom stereocenters. The molecule has 5 nitrogen and oxygen atoms in total. The van der Waals surface area contributed by atoms with Crippen LogP contribution in [0.5, 0.6) is 5.75 Å². The van der Waals surface area contributed by atoms with E-state index in [1.165, 1.54) is 4.90 Å². The third-order valence-corrected chi connectivity index (χ3v) is 3.55. The molecule has 1 heterocycles. The number of carbonyl (C=O) groups excluding carboxylic acids is 1. The van der Waals surface area contributed by atoms with Crippen LogP contribution in [0, 0.1) is 13.8 Å². The van der Waals surface area contributed by atoms with Crippen LogP contribution in [0.1, 0.15) is 24.0 Å². The molecule has 1 aromatic rings. The number of carbonyl (C=O) groups is 2. The Hall–Kier alpha value is -2.04. The third kappa shape index (κ3) is 3.10. The van der Waals surface area contributed by atoms with Gasteiger partial charge in [-0.15, -0.1) is 0 Å². The second-order valence-electron chi connectivity index (χ2n) is 5.14. The SMILES string of the molecule is Cc1ccc(C)c(OCC(=O)N2CCCC2C(=O)O)c1. The van der Waals surface area contributed by atoms with Gasteiger partial charge < -0.3 is 14.7 Å². The number of likely N-dealkylation sites (tertiary alicyclic amines) is 1. The molecule has 1 N–H and O–H groups in total. The first kappa shape index (κ1) is 14.4. The first-order valence-electron chi connectivity index (χ1n) is 6.71. The number of carboxylic acids is 1. The normalized spacial score (nSPS) is 18.1. The summed E-state index contributed by atoms with van der Waals surface area (Å²) in [5.74, 6) is -0.539. The fourth-order valence-electron chi connectivity index (χ4n) is 2.41. The molecule has 1 aliphatic heterocycles. The number of rotatable bonds is 4. The van der Waals surface area contributed by atoms with Crippen molar-refractivity contribution >= 4 is 11.9 Å². The zero-order valence-corrected chi connectivity index (χ0v) is 11.8. The number of hydrogen-bond donors (Lipinski definition) is 1. The van der Waals surface area contributed by atoms with Crippen LogP contribution in [0.2, 0.25) is 0 Å². The Morgan fingerprint density at radius 2 is 2.15 bits per heavy atom. The molecular formula is C15H19NO4. The monoisotopic (exact) mass is 277 g/mol. The highest BCUT2D eigenvalue weighted by molar-refractivity contribution is 5.85. The van der Waals surface area contributed by atoms with Gasteiger partial charge in [-0.1, -0.05) is 12.1 Å². The van der Waals surface area contributed by atoms with Gasteiger partial charge in [0.2, 0.25) is 0 Å². The van der Waals surface area contributed by atoms with Crippen molar-refractivity contribution in [1.82, 2.24) is 4.90 Å². The first-order valence-corrected chi connectivity index (χ1v) is 6.71. The maximum absolute atomic E-state index is 12.1. The van der Waals surface area contributed by atoms with Crippen molar-refractivity contribution in [1.29, 1.82) is 0 Å². The molecule has 0 spiro atoms. The van der Waals surface area contributed by atoms with E-state index in [1.807, 2.05) is 32.0 Å². The van der Waals surface area contributed by atoms with Gasteiger partial charge in [0, 0.05) is 6.54 Å². The Bertz CT molecular complexity index is 527. The van der Waals surface area contributed by atoms with Crippen LogP contribution in [0.25, 0.3) is 0 Å². The molecule has 108 valence electrons. The van der Waals surface area contributed by atoms with Gasteiger partial charge in [0.05, 0.1) is 0 Å². The molecule has 2 rings (SSSR count). The van der Waals surface area contributed by atoms with Gasteiger partial charge in [-0.3, -0.25) is 4.79 Å². The summed E-state index contributed by atoms with van der Waals surface area (Å²) in [5.41, 5.74) is 2.02. The van der Waals surface area contributed by atoms with Crippen LogP contribution < -0.4 is 4.74 Å². The quantitative estimate of drug-likeness (QED) is 0.910. The molecule has 1 aromatic carbocycles. The van der Waals surface area contributed by atoms with Crippen LogP contribution in [0.15, 0.2) is 18.2 Å². The predicted molar refractivity (Wildman–Crippen MR) is 73.8 cm³/mol. The lowest BCUT2D eigenvalue weighted by Gasteiger charge is -2.21. The molecule has 0 radical (unpaired) electrons. The first-order chi connectivity index (χ1) is 9.49. The molecule has 1 amide bonds. The Labute approximate surface area is 118 Å². The van der Waals surface area contributed by atoms with Gasteiger partial charge in [0.1, 0.15) is 11.8 Å². The number of nitrogens with zero attached hydrogens (tertiary/aromatic N) is 1. The molecule has 20 heavy (non-hydrogen) atoms. The average molecular weight is 277 g/mol. The minimum absolute atomic E-state index is 0.117. The minimum atomic E-state index is -0.942. The summed E-state index contributed by atoms with van der Waals surface area (Å²) in [7, 11) is 0. The van der Waals surface area contributed by atoms with Gasteiger partial charge in [0.25, 0.3) is 5.91 Å². The lowest BCUT2D eigenvalue weighted by Crippen LogP contribution is -2.42. The molecule has 1 saturated heterocycles. The number of amides is 1. The third-order valence-electron chi connectivity index (χ3n) is 3.55. The zero-order chi connectivity index (χ0) is 14.7. The van der Waals surface area contributed by atoms with E-state index in [9.17, 15) is 9.59 Å². The molecular weight excluding hydrogens is 258 g/mol. The van der Waals surface area contributed by atoms with E-state index in [-0.39, 0.29) is 12.5 Å². The van der Waals surface area contributed by atoms with E-state index in [0.717, 1.165) is 17.5 Å². The smallest absolute Gasteiger partial charge is 0.326 e. The maximum Gasteiger partial charge on any atom is 0.326 e. The van der Waals surface area contributed by atoms with Crippen molar-refractivity contribution in [3.05, 3.63) is 29.3 Å². The van der Waals surface area contributed by atoms with Crippen LogP contribution >= 0.6 is 0 Å². The molecule has 0 aromatic heterocycles. The zero-order valence-electron chi connectivity index (χ0n) is 11.8. The van der Waals surface area contributed by atoms with Crippen molar-refractivity contribution in [2.45, 2.75) is 32.7 Å². The average Bonchev–Trinajstić information content (AvgIpc) is 2.89. The number of ether oxygens (including phenoxy) is 1. The van der Waals surface area contributed by atoms with Crippen molar-refractivity contribution in [2.24, 2.45) is 0 Å². The van der Waals surface area contributed by atoms with Crippen LogP contribution in [0.4, 0.5) is 0 Å². The molecule has 5 heteroatoms. The van der Waals surface area contributed by atoms with Crippen LogP contribution in [-0.2, 0) is 9.59 Å². The minimum Gasteiger partial charge on any atom is -0.483 e. The van der Waals surface area contributed by atoms with E-state index in [4.69, 9.17) is 9.84 Å². The van der Waals surface area contributed by atoms with Crippen molar-refractivity contribution < 1.29 is 19.4 Å². The molecule has 1 aliphatic rings. The molecule has 1 fully saturated rings. The van der Waals surface area contributed by atoms with Crippen molar-refractivity contribution in [3.63, 3.8) is 0 Å².